The lowest BCUT2D eigenvalue weighted by Gasteiger charge is -2.44. The van der Waals surface area contributed by atoms with E-state index < -0.39 is 20.5 Å². The van der Waals surface area contributed by atoms with Crippen LogP contribution in [0, 0.1) is 0 Å². The van der Waals surface area contributed by atoms with Gasteiger partial charge in [-0.05, 0) is 54.4 Å². The summed E-state index contributed by atoms with van der Waals surface area (Å²) >= 11 is 0. The monoisotopic (exact) mass is 417 g/mol. The van der Waals surface area contributed by atoms with Crippen LogP contribution in [0.25, 0.3) is 0 Å². The normalized spacial score (nSPS) is 24.0. The molecule has 2 bridgehead atoms. The van der Waals surface area contributed by atoms with Crippen molar-refractivity contribution in [3.8, 4) is 5.75 Å². The Hall–Kier alpha value is -2.12. The second kappa shape index (κ2) is 7.95. The summed E-state index contributed by atoms with van der Waals surface area (Å²) in [5, 5.41) is 9.94. The lowest BCUT2D eigenvalue weighted by Crippen LogP contribution is -2.56. The molecule has 2 aliphatic rings. The predicted octanol–water partition coefficient (Wildman–Crippen LogP) is 3.93. The third kappa shape index (κ3) is 4.56. The number of amides is 1. The van der Waals surface area contributed by atoms with Crippen molar-refractivity contribution in [3.05, 3.63) is 35.9 Å². The summed E-state index contributed by atoms with van der Waals surface area (Å²) in [6.07, 6.45) is 3.87. The van der Waals surface area contributed by atoms with E-state index in [0.29, 0.717) is 19.4 Å². The molecule has 7 heteroatoms. The van der Waals surface area contributed by atoms with E-state index >= 15 is 0 Å². The number of phenols is 1. The van der Waals surface area contributed by atoms with Gasteiger partial charge in [0.1, 0.15) is 11.9 Å². The van der Waals surface area contributed by atoms with Crippen LogP contribution in [0.15, 0.2) is 30.4 Å². The molecule has 2 aliphatic heterocycles. The molecule has 0 spiro atoms. The first kappa shape index (κ1) is 21.6. The Balaban J connectivity index is 2.02. The van der Waals surface area contributed by atoms with Gasteiger partial charge in [-0.15, -0.1) is 0 Å². The van der Waals surface area contributed by atoms with Crippen molar-refractivity contribution in [2.75, 3.05) is 11.5 Å². The number of allylic oxidation sites excluding steroid dienone is 1. The summed E-state index contributed by atoms with van der Waals surface area (Å²) in [5.41, 5.74) is 1.52. The number of aromatic hydroxyl groups is 1. The first-order valence-corrected chi connectivity index (χ1v) is 13.1. The van der Waals surface area contributed by atoms with E-state index in [2.05, 4.69) is 33.9 Å². The molecule has 0 fully saturated rings. The molecule has 1 aromatic carbocycles. The summed E-state index contributed by atoms with van der Waals surface area (Å²) in [5.74, 6) is -0.321. The Kier molecular flexibility index (Phi) is 5.92. The molecule has 1 amide bonds. The molecular weight excluding hydrogens is 386 g/mol. The number of fused-ring (bicyclic) bond motifs is 4. The largest absolute Gasteiger partial charge is 0.508 e. The average molecular weight is 418 g/mol. The van der Waals surface area contributed by atoms with Crippen LogP contribution in [-0.2, 0) is 25.2 Å². The number of hydrogen-bond acceptors (Lipinski definition) is 5. The van der Waals surface area contributed by atoms with Gasteiger partial charge in [0, 0.05) is 18.5 Å². The number of benzene rings is 1. The highest BCUT2D eigenvalue weighted by Gasteiger charge is 2.43. The smallest absolute Gasteiger partial charge is 0.306 e. The minimum Gasteiger partial charge on any atom is -0.508 e. The first-order valence-electron chi connectivity index (χ1n) is 10.1. The Labute approximate surface area is 173 Å². The van der Waals surface area contributed by atoms with Crippen LogP contribution in [-0.4, -0.2) is 44.1 Å². The molecule has 2 atom stereocenters. The van der Waals surface area contributed by atoms with Gasteiger partial charge >= 0.3 is 5.97 Å². The van der Waals surface area contributed by atoms with Crippen LogP contribution in [0.2, 0.25) is 18.1 Å². The number of carbonyl (C=O) groups is 2. The van der Waals surface area contributed by atoms with Crippen LogP contribution in [0.3, 0.4) is 0 Å². The third-order valence-corrected chi connectivity index (χ3v) is 10.7. The van der Waals surface area contributed by atoms with Gasteiger partial charge < -0.3 is 14.3 Å². The van der Waals surface area contributed by atoms with E-state index in [0.717, 1.165) is 11.3 Å². The third-order valence-electron chi connectivity index (χ3n) is 6.22. The van der Waals surface area contributed by atoms with Crippen LogP contribution in [0.1, 0.15) is 39.2 Å². The number of rotatable bonds is 3. The van der Waals surface area contributed by atoms with Crippen molar-refractivity contribution in [2.45, 2.75) is 70.3 Å². The van der Waals surface area contributed by atoms with Crippen molar-refractivity contribution in [1.29, 1.82) is 0 Å². The summed E-state index contributed by atoms with van der Waals surface area (Å²) < 4.78 is 12.2. The van der Waals surface area contributed by atoms with Crippen molar-refractivity contribution in [3.63, 3.8) is 0 Å². The Bertz CT molecular complexity index is 827. The van der Waals surface area contributed by atoms with Gasteiger partial charge in [0.15, 0.2) is 8.32 Å². The minimum atomic E-state index is -2.06. The van der Waals surface area contributed by atoms with Gasteiger partial charge in [0.2, 0.25) is 0 Å². The quantitative estimate of drug-likeness (QED) is 0.596. The molecule has 0 aromatic heterocycles. The fourth-order valence-electron chi connectivity index (χ4n) is 3.46. The number of nitrogens with zero attached hydrogens (tertiary/aromatic N) is 1. The van der Waals surface area contributed by atoms with Crippen molar-refractivity contribution >= 4 is 25.9 Å². The Morgan fingerprint density at radius 3 is 2.69 bits per heavy atom. The fraction of sp³-hybridized carbons (Fsp3) is 0.545. The number of esters is 1. The lowest BCUT2D eigenvalue weighted by atomic mass is 9.92. The molecule has 0 saturated heterocycles. The zero-order valence-electron chi connectivity index (χ0n) is 17.9. The molecule has 0 saturated carbocycles. The fourth-order valence-corrected chi connectivity index (χ4v) is 4.48. The van der Waals surface area contributed by atoms with E-state index in [1.165, 1.54) is 6.08 Å². The highest BCUT2D eigenvalue weighted by molar-refractivity contribution is 6.74. The molecule has 0 aliphatic carbocycles. The van der Waals surface area contributed by atoms with Gasteiger partial charge in [-0.3, -0.25) is 14.5 Å². The Morgan fingerprint density at radius 2 is 2.00 bits per heavy atom. The van der Waals surface area contributed by atoms with Crippen LogP contribution >= 0.6 is 0 Å². The van der Waals surface area contributed by atoms with Gasteiger partial charge in [-0.2, -0.15) is 0 Å². The van der Waals surface area contributed by atoms with Gasteiger partial charge in [-0.25, -0.2) is 0 Å². The second-order valence-electron chi connectivity index (χ2n) is 9.33. The molecule has 158 valence electrons. The molecule has 29 heavy (non-hydrogen) atoms. The number of carbonyl (C=O) groups excluding carboxylic acids is 2. The van der Waals surface area contributed by atoms with E-state index in [4.69, 9.17) is 9.16 Å². The van der Waals surface area contributed by atoms with Crippen LogP contribution in [0.4, 0.5) is 5.69 Å². The molecule has 1 N–H and O–H groups in total. The maximum Gasteiger partial charge on any atom is 0.306 e. The molecule has 2 heterocycles. The number of hydrogen-bond donors (Lipinski definition) is 1. The predicted molar refractivity (Wildman–Crippen MR) is 114 cm³/mol. The van der Waals surface area contributed by atoms with Gasteiger partial charge in [0.25, 0.3) is 5.91 Å². The SMILES string of the molecule is CC(C)(C)[Si](C)(C)OC[C@@H]1[C@@H]2Cc3cc(O)ccc3N1C(=O)/C=C\CCC(=O)O2. The van der Waals surface area contributed by atoms with Crippen molar-refractivity contribution in [2.24, 2.45) is 0 Å². The highest BCUT2D eigenvalue weighted by atomic mass is 28.4. The summed E-state index contributed by atoms with van der Waals surface area (Å²) in [6, 6.07) is 4.55. The maximum absolute atomic E-state index is 13.1. The molecule has 1 aromatic rings. The first-order chi connectivity index (χ1) is 13.5. The van der Waals surface area contributed by atoms with Crippen LogP contribution < -0.4 is 4.90 Å². The number of phenolic OH excluding ortho intramolecular Hbond substituents is 1. The van der Waals surface area contributed by atoms with Crippen molar-refractivity contribution in [1.82, 2.24) is 0 Å². The average Bonchev–Trinajstić information content (AvgIpc) is 2.61. The standard InChI is InChI=1S/C22H31NO5Si/c1-22(2,3)29(4,5)27-14-18-19-13-15-12-16(24)10-11-17(15)23(18)20(25)8-6-7-9-21(26)28-19/h6,8,10-12,18-19,24H,7,9,13-14H2,1-5H3/b8-6-/t18-,19+/m1/s1. The van der Waals surface area contributed by atoms with E-state index in [1.54, 1.807) is 29.2 Å². The summed E-state index contributed by atoms with van der Waals surface area (Å²) in [6.45, 7) is 11.1. The highest BCUT2D eigenvalue weighted by Crippen LogP contribution is 2.39. The molecule has 0 unspecified atom stereocenters. The molecule has 6 nitrogen and oxygen atoms in total. The Morgan fingerprint density at radius 1 is 1.28 bits per heavy atom. The zero-order valence-corrected chi connectivity index (χ0v) is 18.9. The maximum atomic E-state index is 13.1. The lowest BCUT2D eigenvalue weighted by molar-refractivity contribution is -0.151. The van der Waals surface area contributed by atoms with Crippen LogP contribution in [0.5, 0.6) is 5.75 Å². The summed E-state index contributed by atoms with van der Waals surface area (Å²) in [7, 11) is -2.06. The number of anilines is 1. The topological polar surface area (TPSA) is 76.1 Å². The van der Waals surface area contributed by atoms with E-state index in [9.17, 15) is 14.7 Å². The zero-order chi connectivity index (χ0) is 21.4. The molecule has 0 radical (unpaired) electrons. The molecule has 3 rings (SSSR count). The van der Waals surface area contributed by atoms with E-state index in [1.807, 2.05) is 0 Å². The summed E-state index contributed by atoms with van der Waals surface area (Å²) in [4.78, 5) is 27.1. The molecular formula is C22H31NO5Si. The van der Waals surface area contributed by atoms with E-state index in [-0.39, 0.29) is 29.1 Å². The minimum absolute atomic E-state index is 0.0255. The second-order valence-corrected chi connectivity index (χ2v) is 14.1. The van der Waals surface area contributed by atoms with Gasteiger partial charge in [0.05, 0.1) is 12.6 Å². The van der Waals surface area contributed by atoms with Gasteiger partial charge in [-0.1, -0.05) is 26.8 Å². The van der Waals surface area contributed by atoms with Crippen molar-refractivity contribution < 1.29 is 23.9 Å². The number of ether oxygens (including phenoxy) is 1.